The zero-order chi connectivity index (χ0) is 28.7. The lowest BCUT2D eigenvalue weighted by atomic mass is 10.1. The van der Waals surface area contributed by atoms with Gasteiger partial charge in [0.2, 0.25) is 0 Å². The smallest absolute Gasteiger partial charge is 0.136 e. The van der Waals surface area contributed by atoms with Gasteiger partial charge in [0.25, 0.3) is 0 Å². The highest BCUT2D eigenvalue weighted by Gasteiger charge is 2.42. The Balaban J connectivity index is 0.0000000983. The molecule has 2 fully saturated rings. The van der Waals surface area contributed by atoms with E-state index in [1.807, 2.05) is 0 Å². The monoisotopic (exact) mass is 570 g/mol. The molecule has 0 bridgehead atoms. The Morgan fingerprint density at radius 2 is 0.674 bits per heavy atom. The zero-order valence-corrected chi connectivity index (χ0v) is 25.9. The Bertz CT molecular complexity index is 1470. The Kier molecular flexibility index (Phi) is 7.01. The van der Waals surface area contributed by atoms with Crippen molar-refractivity contribution in [2.45, 2.75) is 71.4 Å². The number of hydrogen-bond acceptors (Lipinski definition) is 0. The molecule has 3 nitrogen and oxygen atoms in total. The molecule has 0 amide bonds. The fraction of sp³-hybridized carbons (Fsp3) is 0.400. The van der Waals surface area contributed by atoms with Crippen LogP contribution in [0.25, 0.3) is 0 Å². The molecule has 0 aromatic heterocycles. The predicted octanol–water partition coefficient (Wildman–Crippen LogP) is 7.89. The van der Waals surface area contributed by atoms with E-state index >= 15 is 0 Å². The standard InChI is InChI=1S/C16H16N.2C12H16N/c1-2-6-14-10-17(9-13(14)5-1)11-15-7-3-4-8-16(15)12-17;1-2-6-12-11(5-1)7-10-13(12)8-3-4-9-13;1-2-6-12-10-13(7-3-4-8-13)9-11(12)5-1/h1-8H,9-12H2;2*1-2,5-6H,3-4,7-10H2/q3*+1. The van der Waals surface area contributed by atoms with Gasteiger partial charge in [0, 0.05) is 71.0 Å². The molecular weight excluding hydrogens is 522 g/mol. The van der Waals surface area contributed by atoms with Crippen molar-refractivity contribution < 1.29 is 8.97 Å². The van der Waals surface area contributed by atoms with Crippen molar-refractivity contribution in [2.24, 2.45) is 0 Å². The van der Waals surface area contributed by atoms with Gasteiger partial charge in [-0.2, -0.15) is 0 Å². The zero-order valence-electron chi connectivity index (χ0n) is 25.9. The van der Waals surface area contributed by atoms with Crippen molar-refractivity contribution in [1.29, 1.82) is 0 Å². The molecule has 220 valence electrons. The van der Waals surface area contributed by atoms with Gasteiger partial charge in [-0.15, -0.1) is 0 Å². The summed E-state index contributed by atoms with van der Waals surface area (Å²) in [6.45, 7) is 14.4. The molecule has 0 aliphatic carbocycles. The van der Waals surface area contributed by atoms with Crippen molar-refractivity contribution in [3.8, 4) is 0 Å². The van der Waals surface area contributed by atoms with Crippen molar-refractivity contribution in [3.05, 3.63) is 136 Å². The molecule has 3 spiro atoms. The van der Waals surface area contributed by atoms with E-state index in [9.17, 15) is 0 Å². The lowest BCUT2D eigenvalue weighted by molar-refractivity contribution is -0.966. The Morgan fingerprint density at radius 1 is 0.326 bits per heavy atom. The number of fused-ring (bicyclic) bond motifs is 5. The second kappa shape index (κ2) is 11.0. The van der Waals surface area contributed by atoms with E-state index in [1.165, 1.54) is 118 Å². The molecule has 0 N–H and O–H groups in total. The van der Waals surface area contributed by atoms with Crippen molar-refractivity contribution in [3.63, 3.8) is 0 Å². The summed E-state index contributed by atoms with van der Waals surface area (Å²) in [6.07, 6.45) is 7.03. The summed E-state index contributed by atoms with van der Waals surface area (Å²) < 4.78 is 3.88. The van der Waals surface area contributed by atoms with E-state index in [0.29, 0.717) is 0 Å². The number of nitrogens with zero attached hydrogens (tertiary/aromatic N) is 3. The molecule has 6 heterocycles. The van der Waals surface area contributed by atoms with Crippen molar-refractivity contribution in [1.82, 2.24) is 4.48 Å². The van der Waals surface area contributed by atoms with Crippen LogP contribution in [0.1, 0.15) is 64.6 Å². The van der Waals surface area contributed by atoms with Gasteiger partial charge in [0.05, 0.1) is 32.7 Å². The lowest BCUT2D eigenvalue weighted by Crippen LogP contribution is -2.44. The molecule has 43 heavy (non-hydrogen) atoms. The minimum absolute atomic E-state index is 1.21. The summed E-state index contributed by atoms with van der Waals surface area (Å²) in [7, 11) is 0. The minimum atomic E-state index is 1.21. The first-order valence-corrected chi connectivity index (χ1v) is 17.0. The van der Waals surface area contributed by atoms with Crippen LogP contribution < -0.4 is 4.48 Å². The summed E-state index contributed by atoms with van der Waals surface area (Å²) in [6, 6.07) is 35.9. The first-order valence-electron chi connectivity index (χ1n) is 17.0. The highest BCUT2D eigenvalue weighted by atomic mass is 15.4. The number of benzene rings is 4. The Labute approximate surface area is 258 Å². The Hall–Kier alpha value is -3.24. The van der Waals surface area contributed by atoms with Crippen LogP contribution in [-0.4, -0.2) is 41.7 Å². The molecule has 6 aliphatic rings. The maximum atomic E-state index is 2.34. The third-order valence-corrected chi connectivity index (χ3v) is 11.6. The fourth-order valence-corrected chi connectivity index (χ4v) is 9.53. The third kappa shape index (κ3) is 5.16. The molecule has 0 saturated carbocycles. The molecule has 3 heteroatoms. The van der Waals surface area contributed by atoms with Gasteiger partial charge in [0.1, 0.15) is 45.0 Å². The number of para-hydroxylation sites is 1. The van der Waals surface area contributed by atoms with Crippen LogP contribution in [-0.2, 0) is 45.7 Å². The molecule has 0 atom stereocenters. The minimum Gasteiger partial charge on any atom is -0.316 e. The molecule has 4 aromatic rings. The second-order valence-electron chi connectivity index (χ2n) is 14.5. The SMILES string of the molecule is c1ccc2c(c1)CC[N+]21CCCC1.c1ccc2c(c1)C[N+]1(C2)Cc2ccccc2C1.c1ccc2c(c1)C[N+]1(CCCC1)C2. The molecule has 0 radical (unpaired) electrons. The lowest BCUT2D eigenvalue weighted by Gasteiger charge is -2.28. The maximum absolute atomic E-state index is 2.34. The number of quaternary nitrogens is 3. The van der Waals surface area contributed by atoms with Gasteiger partial charge in [-0.3, -0.25) is 4.48 Å². The normalized spacial score (nSPS) is 22.0. The van der Waals surface area contributed by atoms with Gasteiger partial charge >= 0.3 is 0 Å². The maximum Gasteiger partial charge on any atom is 0.136 e. The third-order valence-electron chi connectivity index (χ3n) is 11.6. The van der Waals surface area contributed by atoms with Gasteiger partial charge in [-0.25, -0.2) is 0 Å². The summed E-state index contributed by atoms with van der Waals surface area (Å²) in [4.78, 5) is 0. The summed E-state index contributed by atoms with van der Waals surface area (Å²) in [5.41, 5.74) is 12.7. The molecule has 0 unspecified atom stereocenters. The largest absolute Gasteiger partial charge is 0.316 e. The van der Waals surface area contributed by atoms with Crippen molar-refractivity contribution in [2.75, 3.05) is 32.7 Å². The van der Waals surface area contributed by atoms with Gasteiger partial charge in [-0.05, 0) is 6.07 Å². The second-order valence-corrected chi connectivity index (χ2v) is 14.5. The quantitative estimate of drug-likeness (QED) is 0.189. The van der Waals surface area contributed by atoms with E-state index in [4.69, 9.17) is 0 Å². The molecular formula is C40H48N3+3. The van der Waals surface area contributed by atoms with Gasteiger partial charge in [0.15, 0.2) is 0 Å². The highest BCUT2D eigenvalue weighted by molar-refractivity contribution is 5.55. The molecule has 2 saturated heterocycles. The van der Waals surface area contributed by atoms with Crippen LogP contribution in [0.2, 0.25) is 0 Å². The average Bonchev–Trinajstić information content (AvgIpc) is 3.89. The van der Waals surface area contributed by atoms with Crippen LogP contribution in [0, 0.1) is 0 Å². The summed E-state index contributed by atoms with van der Waals surface area (Å²) >= 11 is 0. The van der Waals surface area contributed by atoms with Crippen molar-refractivity contribution >= 4 is 5.69 Å². The van der Waals surface area contributed by atoms with E-state index in [2.05, 4.69) is 97.1 Å². The van der Waals surface area contributed by atoms with Crippen LogP contribution >= 0.6 is 0 Å². The highest BCUT2D eigenvalue weighted by Crippen LogP contribution is 2.40. The molecule has 4 aromatic carbocycles. The predicted molar refractivity (Wildman–Crippen MR) is 177 cm³/mol. The molecule has 6 aliphatic heterocycles. The van der Waals surface area contributed by atoms with Crippen LogP contribution in [0.3, 0.4) is 0 Å². The number of hydrogen-bond donors (Lipinski definition) is 0. The fourth-order valence-electron chi connectivity index (χ4n) is 9.53. The van der Waals surface area contributed by atoms with E-state index < -0.39 is 0 Å². The van der Waals surface area contributed by atoms with E-state index in [-0.39, 0.29) is 0 Å². The van der Waals surface area contributed by atoms with Crippen LogP contribution in [0.4, 0.5) is 5.69 Å². The molecule has 10 rings (SSSR count). The summed E-state index contributed by atoms with van der Waals surface area (Å²) in [5, 5.41) is 0. The van der Waals surface area contributed by atoms with Crippen LogP contribution in [0.5, 0.6) is 0 Å². The van der Waals surface area contributed by atoms with Gasteiger partial charge < -0.3 is 8.97 Å². The topological polar surface area (TPSA) is 0 Å². The van der Waals surface area contributed by atoms with Crippen LogP contribution in [0.15, 0.2) is 97.1 Å². The Morgan fingerprint density at radius 3 is 1.12 bits per heavy atom. The van der Waals surface area contributed by atoms with E-state index in [0.717, 1.165) is 0 Å². The average molecular weight is 571 g/mol. The first-order chi connectivity index (χ1) is 21.1. The van der Waals surface area contributed by atoms with Gasteiger partial charge in [-0.1, -0.05) is 91.0 Å². The number of rotatable bonds is 0. The van der Waals surface area contributed by atoms with E-state index in [1.54, 1.807) is 44.6 Å². The summed E-state index contributed by atoms with van der Waals surface area (Å²) in [5.74, 6) is 0. The first kappa shape index (κ1) is 27.3.